The lowest BCUT2D eigenvalue weighted by Gasteiger charge is -2.39. The second-order valence-electron chi connectivity index (χ2n) is 5.87. The summed E-state index contributed by atoms with van der Waals surface area (Å²) in [6.07, 6.45) is 9.09. The van der Waals surface area contributed by atoms with E-state index in [0.29, 0.717) is 5.92 Å². The van der Waals surface area contributed by atoms with Gasteiger partial charge in [0, 0.05) is 11.9 Å². The average molecular weight is 305 g/mol. The quantitative estimate of drug-likeness (QED) is 0.589. The van der Waals surface area contributed by atoms with Crippen LogP contribution in [0.15, 0.2) is 0 Å². The zero-order chi connectivity index (χ0) is 12.7. The molecule has 1 atom stereocenters. The van der Waals surface area contributed by atoms with Gasteiger partial charge in [-0.1, -0.05) is 49.5 Å². The Hall–Kier alpha value is 0.440. The monoisotopic (exact) mass is 304 g/mol. The van der Waals surface area contributed by atoms with Crippen molar-refractivity contribution in [3.05, 3.63) is 0 Å². The minimum absolute atomic E-state index is 0.146. The molecule has 1 fully saturated rings. The van der Waals surface area contributed by atoms with E-state index in [1.165, 1.54) is 44.9 Å². The highest BCUT2D eigenvalue weighted by Crippen LogP contribution is 2.37. The van der Waals surface area contributed by atoms with Crippen molar-refractivity contribution < 1.29 is 4.74 Å². The summed E-state index contributed by atoms with van der Waals surface area (Å²) in [5.41, 5.74) is 0.146. The zero-order valence-electron chi connectivity index (χ0n) is 11.8. The molecule has 102 valence electrons. The third-order valence-electron chi connectivity index (χ3n) is 4.29. The number of halogens is 1. The Labute approximate surface area is 116 Å². The minimum Gasteiger partial charge on any atom is -0.374 e. The van der Waals surface area contributed by atoms with Crippen LogP contribution in [0.25, 0.3) is 0 Å². The van der Waals surface area contributed by atoms with Crippen LogP contribution in [0.2, 0.25) is 0 Å². The van der Waals surface area contributed by atoms with Gasteiger partial charge in [-0.05, 0) is 43.9 Å². The Balaban J connectivity index is 2.37. The third kappa shape index (κ3) is 4.90. The molecule has 0 aromatic carbocycles. The molecule has 0 aromatic rings. The molecule has 0 N–H and O–H groups in total. The van der Waals surface area contributed by atoms with Crippen molar-refractivity contribution >= 4 is 15.9 Å². The molecule has 1 rings (SSSR count). The first-order valence-corrected chi connectivity index (χ1v) is 8.47. The second-order valence-corrected chi connectivity index (χ2v) is 6.43. The van der Waals surface area contributed by atoms with E-state index in [0.717, 1.165) is 17.9 Å². The molecule has 0 spiro atoms. The van der Waals surface area contributed by atoms with Crippen molar-refractivity contribution in [3.63, 3.8) is 0 Å². The van der Waals surface area contributed by atoms with Gasteiger partial charge in [-0.15, -0.1) is 0 Å². The first kappa shape index (κ1) is 15.5. The van der Waals surface area contributed by atoms with Crippen LogP contribution in [0.4, 0.5) is 0 Å². The smallest absolute Gasteiger partial charge is 0.0779 e. The van der Waals surface area contributed by atoms with Crippen molar-refractivity contribution in [2.24, 2.45) is 11.8 Å². The van der Waals surface area contributed by atoms with Crippen LogP contribution >= 0.6 is 15.9 Å². The lowest BCUT2D eigenvalue weighted by molar-refractivity contribution is -0.0726. The fourth-order valence-corrected chi connectivity index (χ4v) is 3.55. The molecule has 0 amide bonds. The van der Waals surface area contributed by atoms with Gasteiger partial charge >= 0.3 is 0 Å². The zero-order valence-corrected chi connectivity index (χ0v) is 13.4. The summed E-state index contributed by atoms with van der Waals surface area (Å²) < 4.78 is 6.28. The van der Waals surface area contributed by atoms with Crippen molar-refractivity contribution in [3.8, 4) is 0 Å². The summed E-state index contributed by atoms with van der Waals surface area (Å²) in [5, 5.41) is 1.01. The normalized spacial score (nSPS) is 31.4. The molecule has 0 aromatic heterocycles. The summed E-state index contributed by atoms with van der Waals surface area (Å²) in [6, 6.07) is 0. The molecule has 1 aliphatic carbocycles. The molecule has 1 nitrogen and oxygen atoms in total. The highest BCUT2D eigenvalue weighted by Gasteiger charge is 2.35. The summed E-state index contributed by atoms with van der Waals surface area (Å²) in [5.74, 6) is 1.65. The highest BCUT2D eigenvalue weighted by molar-refractivity contribution is 9.09. The molecular formula is C15H29BrO. The molecule has 1 saturated carbocycles. The molecule has 0 saturated heterocycles. The van der Waals surface area contributed by atoms with Crippen molar-refractivity contribution in [1.82, 2.24) is 0 Å². The molecule has 17 heavy (non-hydrogen) atoms. The van der Waals surface area contributed by atoms with Crippen LogP contribution < -0.4 is 0 Å². The molecular weight excluding hydrogens is 276 g/mol. The Kier molecular flexibility index (Phi) is 7.10. The molecule has 0 heterocycles. The molecule has 0 radical (unpaired) electrons. The number of alkyl halides is 1. The Morgan fingerprint density at radius 3 is 2.41 bits per heavy atom. The van der Waals surface area contributed by atoms with Gasteiger partial charge in [-0.2, -0.15) is 0 Å². The van der Waals surface area contributed by atoms with Gasteiger partial charge in [0.05, 0.1) is 5.60 Å². The van der Waals surface area contributed by atoms with Gasteiger partial charge in [0.2, 0.25) is 0 Å². The molecule has 1 aliphatic rings. The van der Waals surface area contributed by atoms with E-state index in [1.807, 2.05) is 0 Å². The Morgan fingerprint density at radius 1 is 1.29 bits per heavy atom. The van der Waals surface area contributed by atoms with Gasteiger partial charge in [0.15, 0.2) is 0 Å². The van der Waals surface area contributed by atoms with Gasteiger partial charge in [-0.25, -0.2) is 0 Å². The van der Waals surface area contributed by atoms with Gasteiger partial charge in [0.25, 0.3) is 0 Å². The molecule has 0 bridgehead atoms. The van der Waals surface area contributed by atoms with E-state index in [9.17, 15) is 0 Å². The predicted octanol–water partition coefficient (Wildman–Crippen LogP) is 5.17. The SMILES string of the molecule is CCCC(C)COC1(CBr)CCC(CC)CC1. The van der Waals surface area contributed by atoms with Crippen molar-refractivity contribution in [1.29, 1.82) is 0 Å². The lowest BCUT2D eigenvalue weighted by atomic mass is 9.78. The van der Waals surface area contributed by atoms with Crippen LogP contribution in [-0.4, -0.2) is 17.5 Å². The maximum Gasteiger partial charge on any atom is 0.0779 e. The molecule has 0 aliphatic heterocycles. The van der Waals surface area contributed by atoms with Gasteiger partial charge in [-0.3, -0.25) is 0 Å². The number of ether oxygens (including phenoxy) is 1. The van der Waals surface area contributed by atoms with Crippen LogP contribution in [0, 0.1) is 11.8 Å². The summed E-state index contributed by atoms with van der Waals surface area (Å²) in [4.78, 5) is 0. The Bertz CT molecular complexity index is 197. The van der Waals surface area contributed by atoms with Crippen molar-refractivity contribution in [2.75, 3.05) is 11.9 Å². The van der Waals surface area contributed by atoms with E-state index in [-0.39, 0.29) is 5.60 Å². The average Bonchev–Trinajstić information content (AvgIpc) is 2.37. The largest absolute Gasteiger partial charge is 0.374 e. The van der Waals surface area contributed by atoms with Crippen molar-refractivity contribution in [2.45, 2.75) is 71.3 Å². The number of rotatable bonds is 7. The highest BCUT2D eigenvalue weighted by atomic mass is 79.9. The van der Waals surface area contributed by atoms with E-state index in [2.05, 4.69) is 36.7 Å². The molecule has 1 unspecified atom stereocenters. The van der Waals surface area contributed by atoms with E-state index >= 15 is 0 Å². The lowest BCUT2D eigenvalue weighted by Crippen LogP contribution is -2.40. The van der Waals surface area contributed by atoms with Crippen LogP contribution in [0.1, 0.15) is 65.7 Å². The number of hydrogen-bond acceptors (Lipinski definition) is 1. The Morgan fingerprint density at radius 2 is 1.94 bits per heavy atom. The van der Waals surface area contributed by atoms with E-state index in [4.69, 9.17) is 4.74 Å². The van der Waals surface area contributed by atoms with E-state index < -0.39 is 0 Å². The number of hydrogen-bond donors (Lipinski definition) is 0. The van der Waals surface area contributed by atoms with Crippen LogP contribution in [0.5, 0.6) is 0 Å². The van der Waals surface area contributed by atoms with Gasteiger partial charge < -0.3 is 4.74 Å². The van der Waals surface area contributed by atoms with E-state index in [1.54, 1.807) is 0 Å². The first-order chi connectivity index (χ1) is 8.15. The molecule has 2 heteroatoms. The maximum atomic E-state index is 6.28. The van der Waals surface area contributed by atoms with Gasteiger partial charge in [0.1, 0.15) is 0 Å². The minimum atomic E-state index is 0.146. The predicted molar refractivity (Wildman–Crippen MR) is 78.8 cm³/mol. The van der Waals surface area contributed by atoms with Crippen LogP contribution in [-0.2, 0) is 4.74 Å². The fourth-order valence-electron chi connectivity index (χ4n) is 2.82. The standard InChI is InChI=1S/C15H29BrO/c1-4-6-13(3)11-17-15(12-16)9-7-14(5-2)8-10-15/h13-14H,4-12H2,1-3H3. The first-order valence-electron chi connectivity index (χ1n) is 7.35. The van der Waals surface area contributed by atoms with Crippen LogP contribution in [0.3, 0.4) is 0 Å². The second kappa shape index (κ2) is 7.78. The summed E-state index contributed by atoms with van der Waals surface area (Å²) >= 11 is 3.67. The maximum absolute atomic E-state index is 6.28. The third-order valence-corrected chi connectivity index (χ3v) is 5.31. The fraction of sp³-hybridized carbons (Fsp3) is 1.00. The topological polar surface area (TPSA) is 9.23 Å². The summed E-state index contributed by atoms with van der Waals surface area (Å²) in [7, 11) is 0. The summed E-state index contributed by atoms with van der Waals surface area (Å²) in [6.45, 7) is 7.82.